The first-order chi connectivity index (χ1) is 24.9. The standard InChI is InChI=1S/C37H40N4O11/c1-3-29(41(50)21-42)26(13-10-22-9-11-23-7-5-6-8-24(23)17-22)34(45)38-20-39-36(47)31-16-15-30(52-31)25-12-14-27(32(18-25)51-4-2)35(46)40-28(37(48)49)19-33(43)44/h5-9,11-12,14-18,21,26,28-29,50H,3-4,10,13,19-20H2,1-2H3,(H,38,45)(H,39,47)(H,40,46)(H,43,44)(H,48,49). The van der Waals surface area contributed by atoms with Crippen LogP contribution in [-0.4, -0.2) is 81.9 Å². The van der Waals surface area contributed by atoms with E-state index >= 15 is 0 Å². The van der Waals surface area contributed by atoms with Crippen LogP contribution in [0.1, 0.15) is 59.6 Å². The zero-order valence-corrected chi connectivity index (χ0v) is 28.5. The fourth-order valence-electron chi connectivity index (χ4n) is 5.74. The summed E-state index contributed by atoms with van der Waals surface area (Å²) < 4.78 is 11.3. The number of furan rings is 1. The number of amides is 4. The maximum atomic E-state index is 13.4. The van der Waals surface area contributed by atoms with Gasteiger partial charge in [0, 0.05) is 5.56 Å². The smallest absolute Gasteiger partial charge is 0.326 e. The van der Waals surface area contributed by atoms with Crippen molar-refractivity contribution in [1.29, 1.82) is 0 Å². The SMILES string of the molecule is CCOc1cc(-c2ccc(C(=O)NCNC(=O)C(CCc3ccc4ccccc4c3)C(CC)N(O)C=O)o2)ccc1C(=O)NC(CC(=O)O)C(=O)O. The maximum Gasteiger partial charge on any atom is 0.326 e. The lowest BCUT2D eigenvalue weighted by molar-refractivity contribution is -0.168. The number of carboxylic acid groups (broad SMARTS) is 2. The largest absolute Gasteiger partial charge is 0.493 e. The van der Waals surface area contributed by atoms with E-state index in [0.717, 1.165) is 16.3 Å². The molecule has 4 amide bonds. The lowest BCUT2D eigenvalue weighted by Gasteiger charge is -2.29. The van der Waals surface area contributed by atoms with Crippen molar-refractivity contribution in [3.63, 3.8) is 0 Å². The fourth-order valence-corrected chi connectivity index (χ4v) is 5.74. The third-order valence-electron chi connectivity index (χ3n) is 8.36. The van der Waals surface area contributed by atoms with Crippen LogP contribution in [0, 0.1) is 5.92 Å². The van der Waals surface area contributed by atoms with E-state index in [1.54, 1.807) is 13.8 Å². The summed E-state index contributed by atoms with van der Waals surface area (Å²) in [4.78, 5) is 73.0. The minimum Gasteiger partial charge on any atom is -0.493 e. The van der Waals surface area contributed by atoms with Crippen LogP contribution in [0.2, 0.25) is 0 Å². The van der Waals surface area contributed by atoms with Gasteiger partial charge in [0.25, 0.3) is 11.8 Å². The number of fused-ring (bicyclic) bond motifs is 1. The zero-order chi connectivity index (χ0) is 37.8. The minimum absolute atomic E-state index is 0.0409. The van der Waals surface area contributed by atoms with Gasteiger partial charge in [-0.3, -0.25) is 29.2 Å². The molecule has 4 rings (SSSR count). The highest BCUT2D eigenvalue weighted by Crippen LogP contribution is 2.29. The number of carbonyl (C=O) groups excluding carboxylic acids is 4. The molecule has 0 aliphatic heterocycles. The Labute approximate surface area is 298 Å². The first-order valence-corrected chi connectivity index (χ1v) is 16.5. The normalized spacial score (nSPS) is 12.6. The molecular weight excluding hydrogens is 676 g/mol. The molecule has 3 atom stereocenters. The van der Waals surface area contributed by atoms with E-state index in [1.807, 2.05) is 42.5 Å². The molecule has 15 heteroatoms. The Morgan fingerprint density at radius 3 is 2.33 bits per heavy atom. The molecule has 4 aromatic rings. The monoisotopic (exact) mass is 716 g/mol. The second-order valence-corrected chi connectivity index (χ2v) is 11.8. The van der Waals surface area contributed by atoms with Gasteiger partial charge in [-0.15, -0.1) is 0 Å². The minimum atomic E-state index is -1.66. The third-order valence-corrected chi connectivity index (χ3v) is 8.36. The van der Waals surface area contributed by atoms with Gasteiger partial charge < -0.3 is 35.3 Å². The average Bonchev–Trinajstić information content (AvgIpc) is 3.63. The number of hydrogen-bond donors (Lipinski definition) is 6. The highest BCUT2D eigenvalue weighted by Gasteiger charge is 2.31. The summed E-state index contributed by atoms with van der Waals surface area (Å²) in [6.45, 7) is 3.29. The quantitative estimate of drug-likeness (QED) is 0.0354. The molecule has 0 spiro atoms. The Morgan fingerprint density at radius 1 is 0.904 bits per heavy atom. The average molecular weight is 717 g/mol. The van der Waals surface area contributed by atoms with Crippen LogP contribution >= 0.6 is 0 Å². The molecule has 0 bridgehead atoms. The van der Waals surface area contributed by atoms with E-state index in [-0.39, 0.29) is 42.5 Å². The van der Waals surface area contributed by atoms with Gasteiger partial charge in [0.2, 0.25) is 12.3 Å². The summed E-state index contributed by atoms with van der Waals surface area (Å²) in [6, 6.07) is 18.6. The van der Waals surface area contributed by atoms with E-state index < -0.39 is 54.1 Å². The fraction of sp³-hybridized carbons (Fsp3) is 0.297. The molecule has 3 unspecified atom stereocenters. The molecule has 15 nitrogen and oxygen atoms in total. The summed E-state index contributed by atoms with van der Waals surface area (Å²) >= 11 is 0. The van der Waals surface area contributed by atoms with Gasteiger partial charge in [-0.2, -0.15) is 0 Å². The molecule has 1 heterocycles. The van der Waals surface area contributed by atoms with Crippen LogP contribution in [0.25, 0.3) is 22.1 Å². The number of aliphatic carboxylic acids is 2. The van der Waals surface area contributed by atoms with Crippen LogP contribution in [0.3, 0.4) is 0 Å². The van der Waals surface area contributed by atoms with E-state index in [2.05, 4.69) is 16.0 Å². The van der Waals surface area contributed by atoms with Crippen LogP contribution in [-0.2, 0) is 25.6 Å². The Morgan fingerprint density at radius 2 is 1.65 bits per heavy atom. The highest BCUT2D eigenvalue weighted by atomic mass is 16.5. The summed E-state index contributed by atoms with van der Waals surface area (Å²) in [5, 5.41) is 38.5. The molecular formula is C37H40N4O11. The van der Waals surface area contributed by atoms with Crippen molar-refractivity contribution in [3.8, 4) is 17.1 Å². The van der Waals surface area contributed by atoms with Crippen molar-refractivity contribution in [1.82, 2.24) is 21.0 Å². The van der Waals surface area contributed by atoms with Gasteiger partial charge in [0.1, 0.15) is 17.6 Å². The molecule has 52 heavy (non-hydrogen) atoms. The van der Waals surface area contributed by atoms with Crippen molar-refractivity contribution in [2.75, 3.05) is 13.3 Å². The molecule has 3 aromatic carbocycles. The number of ether oxygens (including phenoxy) is 1. The Kier molecular flexibility index (Phi) is 13.5. The van der Waals surface area contributed by atoms with Crippen LogP contribution in [0.4, 0.5) is 0 Å². The number of hydrogen-bond acceptors (Lipinski definition) is 9. The van der Waals surface area contributed by atoms with E-state index in [0.29, 0.717) is 29.9 Å². The van der Waals surface area contributed by atoms with Gasteiger partial charge in [0.05, 0.1) is 37.2 Å². The van der Waals surface area contributed by atoms with Gasteiger partial charge in [-0.05, 0) is 66.8 Å². The van der Waals surface area contributed by atoms with Crippen LogP contribution in [0.5, 0.6) is 5.75 Å². The number of hydroxylamine groups is 2. The van der Waals surface area contributed by atoms with Gasteiger partial charge in [-0.25, -0.2) is 9.86 Å². The molecule has 274 valence electrons. The zero-order valence-electron chi connectivity index (χ0n) is 28.5. The summed E-state index contributed by atoms with van der Waals surface area (Å²) in [6.07, 6.45) is 0.555. The number of rotatable bonds is 19. The first kappa shape index (κ1) is 38.6. The number of carboxylic acids is 2. The summed E-state index contributed by atoms with van der Waals surface area (Å²) in [7, 11) is 0. The lowest BCUT2D eigenvalue weighted by atomic mass is 9.89. The van der Waals surface area contributed by atoms with Crippen molar-refractivity contribution >= 4 is 46.8 Å². The molecule has 0 radical (unpaired) electrons. The second kappa shape index (κ2) is 18.1. The van der Waals surface area contributed by atoms with Crippen molar-refractivity contribution in [2.24, 2.45) is 5.92 Å². The van der Waals surface area contributed by atoms with Gasteiger partial charge >= 0.3 is 11.9 Å². The predicted octanol–water partition coefficient (Wildman–Crippen LogP) is 3.83. The number of carbonyl (C=O) groups is 6. The molecule has 0 aliphatic carbocycles. The summed E-state index contributed by atoms with van der Waals surface area (Å²) in [5.74, 6) is -5.48. The number of nitrogens with one attached hydrogen (secondary N) is 3. The lowest BCUT2D eigenvalue weighted by Crippen LogP contribution is -2.47. The van der Waals surface area contributed by atoms with Crippen molar-refractivity contribution in [3.05, 3.63) is 89.7 Å². The number of aryl methyl sites for hydroxylation is 1. The Hall–Kier alpha value is -6.22. The molecule has 0 saturated carbocycles. The molecule has 0 fully saturated rings. The molecule has 1 aromatic heterocycles. The van der Waals surface area contributed by atoms with E-state index in [9.17, 15) is 39.1 Å². The number of nitrogens with zero attached hydrogens (tertiary/aromatic N) is 1. The first-order valence-electron chi connectivity index (χ1n) is 16.5. The predicted molar refractivity (Wildman–Crippen MR) is 186 cm³/mol. The van der Waals surface area contributed by atoms with Crippen LogP contribution < -0.4 is 20.7 Å². The van der Waals surface area contributed by atoms with Gasteiger partial charge in [0.15, 0.2) is 5.76 Å². The topological polar surface area (TPSA) is 225 Å². The Bertz CT molecular complexity index is 1920. The van der Waals surface area contributed by atoms with Crippen LogP contribution in [0.15, 0.2) is 77.2 Å². The molecule has 0 aliphatic rings. The van der Waals surface area contributed by atoms with E-state index in [4.69, 9.17) is 14.3 Å². The van der Waals surface area contributed by atoms with E-state index in [1.165, 1.54) is 30.3 Å². The third kappa shape index (κ3) is 9.94. The number of benzene rings is 3. The van der Waals surface area contributed by atoms with Gasteiger partial charge in [-0.1, -0.05) is 55.5 Å². The molecule has 0 saturated heterocycles. The van der Waals surface area contributed by atoms with Crippen molar-refractivity contribution < 1.29 is 53.3 Å². The summed E-state index contributed by atoms with van der Waals surface area (Å²) in [5.41, 5.74) is 1.36. The van der Waals surface area contributed by atoms with Crippen molar-refractivity contribution in [2.45, 2.75) is 51.6 Å². The maximum absolute atomic E-state index is 13.4. The highest BCUT2D eigenvalue weighted by molar-refractivity contribution is 6.00. The second-order valence-electron chi connectivity index (χ2n) is 11.8. The Balaban J connectivity index is 1.40. The molecule has 6 N–H and O–H groups in total.